The van der Waals surface area contributed by atoms with Gasteiger partial charge in [-0.25, -0.2) is 9.59 Å². The van der Waals surface area contributed by atoms with Crippen molar-refractivity contribution < 1.29 is 28.9 Å². The molecule has 2 aromatic carbocycles. The van der Waals surface area contributed by atoms with Gasteiger partial charge in [0.2, 0.25) is 0 Å². The molecule has 11 heteroatoms. The second-order valence-electron chi connectivity index (χ2n) is 8.85. The number of urea groups is 1. The number of ether oxygens (including phenoxy) is 3. The molecule has 3 aromatic rings. The molecule has 11 nitrogen and oxygen atoms in total. The quantitative estimate of drug-likeness (QED) is 0.0957. The second kappa shape index (κ2) is 12.7. The Kier molecular flexibility index (Phi) is 8.93. The third kappa shape index (κ3) is 6.19. The van der Waals surface area contributed by atoms with Crippen molar-refractivity contribution in [1.29, 1.82) is 0 Å². The van der Waals surface area contributed by atoms with Crippen LogP contribution in [0.4, 0.5) is 4.79 Å². The molecule has 0 saturated heterocycles. The first-order valence-electron chi connectivity index (χ1n) is 12.6. The minimum absolute atomic E-state index is 0.133. The molecule has 0 unspecified atom stereocenters. The molecule has 0 radical (unpaired) electrons. The zero-order chi connectivity index (χ0) is 28.6. The number of aliphatic hydroxyl groups is 1. The van der Waals surface area contributed by atoms with Gasteiger partial charge in [0, 0.05) is 28.4 Å². The Morgan fingerprint density at radius 3 is 2.83 bits per heavy atom. The maximum atomic E-state index is 12.4. The highest BCUT2D eigenvalue weighted by Gasteiger charge is 2.32. The van der Waals surface area contributed by atoms with Gasteiger partial charge in [-0.15, -0.1) is 6.42 Å². The Labute approximate surface area is 231 Å². The number of nitrogens with zero attached hydrogens (tertiary/aromatic N) is 2. The lowest BCUT2D eigenvalue weighted by molar-refractivity contribution is -0.136. The van der Waals surface area contributed by atoms with E-state index in [1.54, 1.807) is 31.3 Å². The number of esters is 1. The number of carbonyl (C=O) groups excluding carboxylic acids is 2. The molecule has 2 amide bonds. The average Bonchev–Trinajstić information content (AvgIpc) is 3.29. The lowest BCUT2D eigenvalue weighted by atomic mass is 9.95. The number of methoxy groups -OCH3 is 1. The minimum atomic E-state index is -1.12. The van der Waals surface area contributed by atoms with Gasteiger partial charge in [-0.2, -0.15) is 5.10 Å². The summed E-state index contributed by atoms with van der Waals surface area (Å²) in [5.41, 5.74) is 5.76. The van der Waals surface area contributed by atoms with E-state index in [0.717, 1.165) is 16.5 Å². The predicted octanol–water partition coefficient (Wildman–Crippen LogP) is 2.80. The number of benzene rings is 2. The highest BCUT2D eigenvalue weighted by Crippen LogP contribution is 2.35. The molecule has 0 saturated carbocycles. The van der Waals surface area contributed by atoms with E-state index in [0.29, 0.717) is 35.9 Å². The summed E-state index contributed by atoms with van der Waals surface area (Å²) in [5.74, 6) is 2.82. The number of para-hydroxylation sites is 1. The smallest absolute Gasteiger partial charge is 0.337 e. The van der Waals surface area contributed by atoms with E-state index in [9.17, 15) is 14.7 Å². The SMILES string of the molecule is C#CCn1cc(/C=N/N[C@@H](O)COc2ccc([C@@H]3NC(=O)NC(C)=C3C(=O)OC)cc2OCC)c2ccccc21. The van der Waals surface area contributed by atoms with E-state index < -0.39 is 24.3 Å². The highest BCUT2D eigenvalue weighted by molar-refractivity contribution is 5.99. The number of fused-ring (bicyclic) bond motifs is 1. The van der Waals surface area contributed by atoms with Crippen molar-refractivity contribution in [3.63, 3.8) is 0 Å². The van der Waals surface area contributed by atoms with E-state index in [2.05, 4.69) is 27.1 Å². The predicted molar refractivity (Wildman–Crippen MR) is 150 cm³/mol. The minimum Gasteiger partial charge on any atom is -0.490 e. The number of hydrazone groups is 1. The van der Waals surface area contributed by atoms with Crippen molar-refractivity contribution in [1.82, 2.24) is 20.6 Å². The van der Waals surface area contributed by atoms with Gasteiger partial charge in [-0.05, 0) is 37.6 Å². The number of aliphatic hydroxyl groups excluding tert-OH is 1. The van der Waals surface area contributed by atoms with Crippen LogP contribution >= 0.6 is 0 Å². The largest absolute Gasteiger partial charge is 0.490 e. The third-order valence-electron chi connectivity index (χ3n) is 6.18. The highest BCUT2D eigenvalue weighted by atomic mass is 16.5. The fourth-order valence-electron chi connectivity index (χ4n) is 4.42. The van der Waals surface area contributed by atoms with Crippen LogP contribution in [0.5, 0.6) is 11.5 Å². The van der Waals surface area contributed by atoms with Gasteiger partial charge in [0.1, 0.15) is 6.61 Å². The van der Waals surface area contributed by atoms with Gasteiger partial charge in [0.15, 0.2) is 17.7 Å². The molecule has 208 valence electrons. The topological polar surface area (TPSA) is 135 Å². The summed E-state index contributed by atoms with van der Waals surface area (Å²) in [4.78, 5) is 24.5. The summed E-state index contributed by atoms with van der Waals surface area (Å²) in [5, 5.41) is 20.9. The van der Waals surface area contributed by atoms with Crippen LogP contribution in [0, 0.1) is 12.3 Å². The molecular formula is C29H31N5O6. The first kappa shape index (κ1) is 28.1. The number of hydrogen-bond acceptors (Lipinski definition) is 8. The van der Waals surface area contributed by atoms with Crippen LogP contribution < -0.4 is 25.5 Å². The number of allylic oxidation sites excluding steroid dienone is 1. The molecule has 1 aliphatic heterocycles. The zero-order valence-corrected chi connectivity index (χ0v) is 22.4. The standard InChI is InChI=1S/C29H31N5O6/c1-5-13-34-16-20(21-9-7-8-10-22(21)34)15-30-33-25(35)17-40-23-12-11-19(14-24(23)39-6-2)27-26(28(36)38-4)18(3)31-29(37)32-27/h1,7-12,14-16,25,27,33,35H,6,13,17H2,2-4H3,(H2,31,32,37)/b30-15+/t25-,27-/m0/s1. The van der Waals surface area contributed by atoms with Gasteiger partial charge < -0.3 is 34.5 Å². The van der Waals surface area contributed by atoms with Crippen molar-refractivity contribution >= 4 is 29.1 Å². The third-order valence-corrected chi connectivity index (χ3v) is 6.18. The molecule has 0 fully saturated rings. The molecule has 2 heterocycles. The Hall–Kier alpha value is -4.95. The maximum absolute atomic E-state index is 12.4. The summed E-state index contributed by atoms with van der Waals surface area (Å²) < 4.78 is 18.4. The number of rotatable bonds is 11. The second-order valence-corrected chi connectivity index (χ2v) is 8.85. The van der Waals surface area contributed by atoms with Gasteiger partial charge in [0.05, 0.1) is 38.1 Å². The molecule has 2 atom stereocenters. The summed E-state index contributed by atoms with van der Waals surface area (Å²) in [6.45, 7) is 4.09. The van der Waals surface area contributed by atoms with Crippen LogP contribution in [0.3, 0.4) is 0 Å². The Balaban J connectivity index is 1.45. The fraction of sp³-hybridized carbons (Fsp3) is 0.276. The lowest BCUT2D eigenvalue weighted by Crippen LogP contribution is -2.45. The number of aromatic nitrogens is 1. The van der Waals surface area contributed by atoms with Crippen LogP contribution in [0.2, 0.25) is 0 Å². The fourth-order valence-corrected chi connectivity index (χ4v) is 4.42. The van der Waals surface area contributed by atoms with Crippen LogP contribution in [0.1, 0.15) is 31.0 Å². The summed E-state index contributed by atoms with van der Waals surface area (Å²) in [6.07, 6.45) is 7.88. The number of hydrogen-bond donors (Lipinski definition) is 4. The molecule has 0 spiro atoms. The normalized spacial score (nSPS) is 15.8. The summed E-state index contributed by atoms with van der Waals surface area (Å²) in [7, 11) is 1.28. The van der Waals surface area contributed by atoms with Crippen molar-refractivity contribution in [3.8, 4) is 23.8 Å². The Bertz CT molecular complexity index is 1500. The van der Waals surface area contributed by atoms with Crippen molar-refractivity contribution in [2.75, 3.05) is 20.3 Å². The van der Waals surface area contributed by atoms with Crippen LogP contribution in [-0.2, 0) is 16.1 Å². The van der Waals surface area contributed by atoms with Crippen LogP contribution in [0.25, 0.3) is 10.9 Å². The summed E-state index contributed by atoms with van der Waals surface area (Å²) >= 11 is 0. The van der Waals surface area contributed by atoms with Crippen LogP contribution in [-0.4, -0.2) is 54.4 Å². The first-order valence-corrected chi connectivity index (χ1v) is 12.6. The van der Waals surface area contributed by atoms with Crippen molar-refractivity contribution in [2.24, 2.45) is 5.10 Å². The average molecular weight is 546 g/mol. The van der Waals surface area contributed by atoms with Gasteiger partial charge in [-0.1, -0.05) is 30.2 Å². The molecule has 4 N–H and O–H groups in total. The number of carbonyl (C=O) groups is 2. The van der Waals surface area contributed by atoms with Crippen molar-refractivity contribution in [2.45, 2.75) is 32.7 Å². The zero-order valence-electron chi connectivity index (χ0n) is 22.4. The first-order chi connectivity index (χ1) is 19.4. The Morgan fingerprint density at radius 2 is 2.08 bits per heavy atom. The lowest BCUT2D eigenvalue weighted by Gasteiger charge is -2.28. The monoisotopic (exact) mass is 545 g/mol. The van der Waals surface area contributed by atoms with Crippen molar-refractivity contribution in [3.05, 3.63) is 71.1 Å². The number of amides is 2. The van der Waals surface area contributed by atoms with Crippen LogP contribution in [0.15, 0.2) is 65.0 Å². The number of nitrogens with one attached hydrogen (secondary N) is 3. The van der Waals surface area contributed by atoms with Gasteiger partial charge in [0.25, 0.3) is 0 Å². The Morgan fingerprint density at radius 1 is 1.27 bits per heavy atom. The summed E-state index contributed by atoms with van der Waals surface area (Å²) in [6, 6.07) is 11.7. The van der Waals surface area contributed by atoms with E-state index in [1.165, 1.54) is 7.11 Å². The van der Waals surface area contributed by atoms with Gasteiger partial charge >= 0.3 is 12.0 Å². The van der Waals surface area contributed by atoms with E-state index in [-0.39, 0.29) is 12.2 Å². The van der Waals surface area contributed by atoms with Gasteiger partial charge in [-0.3, -0.25) is 5.43 Å². The molecule has 40 heavy (non-hydrogen) atoms. The van der Waals surface area contributed by atoms with E-state index in [4.69, 9.17) is 20.6 Å². The van der Waals surface area contributed by atoms with E-state index in [1.807, 2.05) is 42.0 Å². The molecule has 0 bridgehead atoms. The van der Waals surface area contributed by atoms with E-state index >= 15 is 0 Å². The number of terminal acetylenes is 1. The maximum Gasteiger partial charge on any atom is 0.337 e. The molecule has 4 rings (SSSR count). The molecular weight excluding hydrogens is 514 g/mol. The molecule has 0 aliphatic carbocycles. The molecule has 1 aromatic heterocycles. The molecule has 1 aliphatic rings.